The highest BCUT2D eigenvalue weighted by molar-refractivity contribution is 7.09. The molecule has 0 saturated heterocycles. The van der Waals surface area contributed by atoms with Gasteiger partial charge in [0.05, 0.1) is 10.7 Å². The average Bonchev–Trinajstić information content (AvgIpc) is 3.09. The molecule has 3 aromatic rings. The summed E-state index contributed by atoms with van der Waals surface area (Å²) in [5, 5.41) is 9.11. The molecular formula is C21H21N3O2S. The molecule has 0 aliphatic rings. The predicted molar refractivity (Wildman–Crippen MR) is 110 cm³/mol. The van der Waals surface area contributed by atoms with Gasteiger partial charge < -0.3 is 10.6 Å². The molecule has 2 N–H and O–H groups in total. The van der Waals surface area contributed by atoms with E-state index in [1.165, 1.54) is 6.92 Å². The molecule has 0 aliphatic heterocycles. The monoisotopic (exact) mass is 379 g/mol. The number of hydrogen-bond acceptors (Lipinski definition) is 5. The Balaban J connectivity index is 1.59. The first-order valence-corrected chi connectivity index (χ1v) is 9.51. The Kier molecular flexibility index (Phi) is 5.66. The number of hydrogen-bond donors (Lipinski definition) is 2. The lowest BCUT2D eigenvalue weighted by Crippen LogP contribution is -2.31. The van der Waals surface area contributed by atoms with Crippen LogP contribution in [0.3, 0.4) is 0 Å². The van der Waals surface area contributed by atoms with Crippen molar-refractivity contribution in [2.75, 3.05) is 10.6 Å². The molecule has 3 rings (SSSR count). The molecule has 0 unspecified atom stereocenters. The van der Waals surface area contributed by atoms with E-state index in [0.717, 1.165) is 22.0 Å². The molecule has 1 amide bonds. The Morgan fingerprint density at radius 2 is 1.63 bits per heavy atom. The Bertz CT molecular complexity index is 946. The summed E-state index contributed by atoms with van der Waals surface area (Å²) in [4.78, 5) is 28.2. The van der Waals surface area contributed by atoms with Crippen molar-refractivity contribution in [2.24, 2.45) is 0 Å². The van der Waals surface area contributed by atoms with Gasteiger partial charge in [0.2, 0.25) is 5.91 Å². The second-order valence-electron chi connectivity index (χ2n) is 6.32. The third-order valence-corrected chi connectivity index (χ3v) is 4.91. The van der Waals surface area contributed by atoms with Gasteiger partial charge in [-0.2, -0.15) is 0 Å². The van der Waals surface area contributed by atoms with Crippen molar-refractivity contribution in [1.29, 1.82) is 0 Å². The third-order valence-electron chi connectivity index (χ3n) is 4.14. The molecular weight excluding hydrogens is 358 g/mol. The summed E-state index contributed by atoms with van der Waals surface area (Å²) >= 11 is 1.62. The van der Waals surface area contributed by atoms with Crippen molar-refractivity contribution in [3.8, 4) is 11.3 Å². The molecule has 0 aliphatic carbocycles. The third kappa shape index (κ3) is 4.80. The predicted octanol–water partition coefficient (Wildman–Crippen LogP) is 4.76. The van der Waals surface area contributed by atoms with Crippen molar-refractivity contribution >= 4 is 34.4 Å². The molecule has 5 nitrogen and oxygen atoms in total. The van der Waals surface area contributed by atoms with E-state index in [0.29, 0.717) is 11.3 Å². The quantitative estimate of drug-likeness (QED) is 0.606. The van der Waals surface area contributed by atoms with Crippen LogP contribution in [0.15, 0.2) is 53.9 Å². The number of aryl methyl sites for hydroxylation is 1. The van der Waals surface area contributed by atoms with Crippen LogP contribution in [-0.4, -0.2) is 22.7 Å². The standard InChI is InChI=1S/C21H21N3O2S/c1-13(21(26)24-19-8-4-16(5-9-19)14(2)25)22-18-10-6-17(7-11-18)20-12-27-15(3)23-20/h4-13,22H,1-3H3,(H,24,26)/t13-/m0/s1. The number of rotatable bonds is 6. The molecule has 0 bridgehead atoms. The topological polar surface area (TPSA) is 71.1 Å². The molecule has 138 valence electrons. The number of aromatic nitrogens is 1. The highest BCUT2D eigenvalue weighted by atomic mass is 32.1. The molecule has 0 fully saturated rings. The van der Waals surface area contributed by atoms with Gasteiger partial charge in [0.15, 0.2) is 5.78 Å². The Morgan fingerprint density at radius 3 is 2.19 bits per heavy atom. The molecule has 1 atom stereocenters. The van der Waals surface area contributed by atoms with Crippen LogP contribution in [0.1, 0.15) is 29.2 Å². The second kappa shape index (κ2) is 8.14. The number of anilines is 2. The Labute approximate surface area is 162 Å². The van der Waals surface area contributed by atoms with Crippen LogP contribution in [0, 0.1) is 6.92 Å². The molecule has 0 saturated carbocycles. The van der Waals surface area contributed by atoms with Crippen LogP contribution in [-0.2, 0) is 4.79 Å². The lowest BCUT2D eigenvalue weighted by Gasteiger charge is -2.15. The molecule has 1 heterocycles. The van der Waals surface area contributed by atoms with Crippen LogP contribution in [0.25, 0.3) is 11.3 Å². The number of benzene rings is 2. The van der Waals surface area contributed by atoms with Gasteiger partial charge in [-0.15, -0.1) is 11.3 Å². The number of Topliss-reactive ketones (excluding diaryl/α,β-unsaturated/α-hetero) is 1. The van der Waals surface area contributed by atoms with Crippen molar-refractivity contribution in [3.05, 3.63) is 64.5 Å². The van der Waals surface area contributed by atoms with Gasteiger partial charge in [0, 0.05) is 27.9 Å². The maximum absolute atomic E-state index is 12.4. The van der Waals surface area contributed by atoms with Gasteiger partial charge in [0.1, 0.15) is 6.04 Å². The van der Waals surface area contributed by atoms with Crippen molar-refractivity contribution < 1.29 is 9.59 Å². The Morgan fingerprint density at radius 1 is 1.00 bits per heavy atom. The fraction of sp³-hybridized carbons (Fsp3) is 0.190. The number of nitrogens with one attached hydrogen (secondary N) is 2. The first-order valence-electron chi connectivity index (χ1n) is 8.63. The summed E-state index contributed by atoms with van der Waals surface area (Å²) in [7, 11) is 0. The van der Waals surface area contributed by atoms with E-state index in [9.17, 15) is 9.59 Å². The summed E-state index contributed by atoms with van der Waals surface area (Å²) in [5.41, 5.74) is 4.15. The van der Waals surface area contributed by atoms with Gasteiger partial charge in [-0.3, -0.25) is 9.59 Å². The van der Waals surface area contributed by atoms with Crippen molar-refractivity contribution in [2.45, 2.75) is 26.8 Å². The van der Waals surface area contributed by atoms with Gasteiger partial charge in [-0.05, 0) is 57.2 Å². The van der Waals surface area contributed by atoms with E-state index in [1.54, 1.807) is 42.5 Å². The van der Waals surface area contributed by atoms with E-state index in [-0.39, 0.29) is 11.7 Å². The minimum absolute atomic E-state index is 0.000768. The van der Waals surface area contributed by atoms with E-state index >= 15 is 0 Å². The summed E-state index contributed by atoms with van der Waals surface area (Å²) in [6.45, 7) is 5.30. The van der Waals surface area contributed by atoms with Gasteiger partial charge in [-0.1, -0.05) is 12.1 Å². The van der Waals surface area contributed by atoms with E-state index in [2.05, 4.69) is 15.6 Å². The van der Waals surface area contributed by atoms with Gasteiger partial charge >= 0.3 is 0 Å². The normalized spacial score (nSPS) is 11.7. The molecule has 2 aromatic carbocycles. The second-order valence-corrected chi connectivity index (χ2v) is 7.38. The SMILES string of the molecule is CC(=O)c1ccc(NC(=O)[C@H](C)Nc2ccc(-c3csc(C)n3)cc2)cc1. The number of carbonyl (C=O) groups excluding carboxylic acids is 2. The fourth-order valence-electron chi connectivity index (χ4n) is 2.59. The zero-order chi connectivity index (χ0) is 19.4. The molecule has 0 spiro atoms. The summed E-state index contributed by atoms with van der Waals surface area (Å²) < 4.78 is 0. The lowest BCUT2D eigenvalue weighted by molar-refractivity contribution is -0.116. The largest absolute Gasteiger partial charge is 0.374 e. The molecule has 1 aromatic heterocycles. The minimum Gasteiger partial charge on any atom is -0.374 e. The highest BCUT2D eigenvalue weighted by Gasteiger charge is 2.13. The summed E-state index contributed by atoms with van der Waals surface area (Å²) in [6.07, 6.45) is 0. The zero-order valence-corrected chi connectivity index (χ0v) is 16.3. The maximum atomic E-state index is 12.4. The number of amides is 1. The number of thiazole rings is 1. The number of ketones is 1. The summed E-state index contributed by atoms with van der Waals surface area (Å²) in [6, 6.07) is 14.3. The van der Waals surface area contributed by atoms with Gasteiger partial charge in [0.25, 0.3) is 0 Å². The minimum atomic E-state index is -0.412. The summed E-state index contributed by atoms with van der Waals surface area (Å²) in [5.74, 6) is -0.149. The number of carbonyl (C=O) groups is 2. The molecule has 0 radical (unpaired) electrons. The smallest absolute Gasteiger partial charge is 0.246 e. The van der Waals surface area contributed by atoms with E-state index in [1.807, 2.05) is 36.6 Å². The number of nitrogens with zero attached hydrogens (tertiary/aromatic N) is 1. The van der Waals surface area contributed by atoms with Crippen LogP contribution in [0.4, 0.5) is 11.4 Å². The lowest BCUT2D eigenvalue weighted by atomic mass is 10.1. The molecule has 27 heavy (non-hydrogen) atoms. The van der Waals surface area contributed by atoms with Crippen molar-refractivity contribution in [1.82, 2.24) is 4.98 Å². The van der Waals surface area contributed by atoms with Crippen LogP contribution >= 0.6 is 11.3 Å². The van der Waals surface area contributed by atoms with Crippen LogP contribution < -0.4 is 10.6 Å². The first kappa shape index (κ1) is 18.8. The maximum Gasteiger partial charge on any atom is 0.246 e. The van der Waals surface area contributed by atoms with Gasteiger partial charge in [-0.25, -0.2) is 4.98 Å². The average molecular weight is 379 g/mol. The highest BCUT2D eigenvalue weighted by Crippen LogP contribution is 2.23. The fourth-order valence-corrected chi connectivity index (χ4v) is 3.21. The van der Waals surface area contributed by atoms with E-state index in [4.69, 9.17) is 0 Å². The molecule has 6 heteroatoms. The van der Waals surface area contributed by atoms with E-state index < -0.39 is 6.04 Å². The van der Waals surface area contributed by atoms with Crippen LogP contribution in [0.5, 0.6) is 0 Å². The van der Waals surface area contributed by atoms with Crippen molar-refractivity contribution in [3.63, 3.8) is 0 Å². The van der Waals surface area contributed by atoms with Crippen LogP contribution in [0.2, 0.25) is 0 Å². The first-order chi connectivity index (χ1) is 12.9. The Hall–Kier alpha value is -2.99. The zero-order valence-electron chi connectivity index (χ0n) is 15.4.